The number of hydrogen-bond donors (Lipinski definition) is 1. The fraction of sp³-hybridized carbons (Fsp3) is 0.375. The molecule has 0 radical (unpaired) electrons. The molecule has 108 valence electrons. The fourth-order valence-corrected chi connectivity index (χ4v) is 2.44. The van der Waals surface area contributed by atoms with Gasteiger partial charge in [0.05, 0.1) is 4.75 Å². The Labute approximate surface area is 120 Å². The van der Waals surface area contributed by atoms with E-state index >= 15 is 0 Å². The molecular formula is C16H21NO2S. The quantitative estimate of drug-likeness (QED) is 0.921. The third-order valence-corrected chi connectivity index (χ3v) is 5.90. The van der Waals surface area contributed by atoms with Crippen LogP contribution in [0.5, 0.6) is 0 Å². The highest BCUT2D eigenvalue weighted by atomic mass is 32.2. The molecule has 20 heavy (non-hydrogen) atoms. The Morgan fingerprint density at radius 1 is 1.05 bits per heavy atom. The molecule has 2 rings (SSSR count). The van der Waals surface area contributed by atoms with Crippen LogP contribution in [0.1, 0.15) is 19.4 Å². The van der Waals surface area contributed by atoms with E-state index < -0.39 is 14.6 Å². The minimum absolute atomic E-state index is 0.440. The van der Waals surface area contributed by atoms with E-state index in [1.54, 1.807) is 13.8 Å². The smallest absolute Gasteiger partial charge is 0.153 e. The third kappa shape index (κ3) is 3.19. The second-order valence-corrected chi connectivity index (χ2v) is 8.42. The van der Waals surface area contributed by atoms with E-state index in [4.69, 9.17) is 0 Å². The van der Waals surface area contributed by atoms with Crippen LogP contribution >= 0.6 is 0 Å². The molecule has 2 aromatic carbocycles. The Hall–Kier alpha value is -1.39. The predicted octanol–water partition coefficient (Wildman–Crippen LogP) is 2.75. The highest BCUT2D eigenvalue weighted by molar-refractivity contribution is 7.92. The average molecular weight is 291 g/mol. The largest absolute Gasteiger partial charge is 0.311 e. The van der Waals surface area contributed by atoms with Gasteiger partial charge in [-0.3, -0.25) is 0 Å². The van der Waals surface area contributed by atoms with Gasteiger partial charge in [-0.05, 0) is 30.2 Å². The van der Waals surface area contributed by atoms with E-state index in [0.29, 0.717) is 13.1 Å². The van der Waals surface area contributed by atoms with Gasteiger partial charge in [0.15, 0.2) is 9.84 Å². The minimum atomic E-state index is -3.06. The molecule has 0 saturated heterocycles. The summed E-state index contributed by atoms with van der Waals surface area (Å²) in [5, 5.41) is 5.67. The molecule has 0 heterocycles. The first-order chi connectivity index (χ1) is 9.31. The lowest BCUT2D eigenvalue weighted by Crippen LogP contribution is -2.41. The van der Waals surface area contributed by atoms with E-state index in [9.17, 15) is 8.42 Å². The van der Waals surface area contributed by atoms with Gasteiger partial charge in [-0.25, -0.2) is 8.42 Å². The second kappa shape index (κ2) is 5.54. The zero-order chi connectivity index (χ0) is 14.8. The number of nitrogens with one attached hydrogen (secondary N) is 1. The third-order valence-electron chi connectivity index (χ3n) is 3.75. The van der Waals surface area contributed by atoms with Gasteiger partial charge in [0, 0.05) is 19.3 Å². The minimum Gasteiger partial charge on any atom is -0.311 e. The Morgan fingerprint density at radius 2 is 1.70 bits per heavy atom. The monoisotopic (exact) mass is 291 g/mol. The number of rotatable bonds is 5. The van der Waals surface area contributed by atoms with Crippen molar-refractivity contribution in [2.75, 3.05) is 12.8 Å². The number of sulfone groups is 1. The van der Waals surface area contributed by atoms with Gasteiger partial charge in [-0.1, -0.05) is 42.5 Å². The standard InChI is InChI=1S/C16H21NO2S/c1-16(2,20(3,18)19)12-17-11-14-9-6-8-13-7-4-5-10-15(13)14/h4-10,17H,11-12H2,1-3H3. The van der Waals surface area contributed by atoms with Gasteiger partial charge < -0.3 is 5.32 Å². The molecule has 4 heteroatoms. The van der Waals surface area contributed by atoms with Crippen LogP contribution in [0, 0.1) is 0 Å². The SMILES string of the molecule is CC(C)(CNCc1cccc2ccccc12)S(C)(=O)=O. The molecule has 0 aromatic heterocycles. The summed E-state index contributed by atoms with van der Waals surface area (Å²) >= 11 is 0. The number of hydrogen-bond acceptors (Lipinski definition) is 3. The summed E-state index contributed by atoms with van der Waals surface area (Å²) in [5.41, 5.74) is 1.19. The van der Waals surface area contributed by atoms with Crippen molar-refractivity contribution in [2.24, 2.45) is 0 Å². The lowest BCUT2D eigenvalue weighted by molar-refractivity contribution is 0.522. The fourth-order valence-electron chi connectivity index (χ4n) is 2.08. The lowest BCUT2D eigenvalue weighted by Gasteiger charge is -2.23. The molecule has 0 aliphatic carbocycles. The summed E-state index contributed by atoms with van der Waals surface area (Å²) in [6.07, 6.45) is 1.28. The average Bonchev–Trinajstić information content (AvgIpc) is 2.37. The molecule has 0 saturated carbocycles. The molecule has 0 bridgehead atoms. The zero-order valence-corrected chi connectivity index (χ0v) is 13.0. The molecule has 0 unspecified atom stereocenters. The topological polar surface area (TPSA) is 46.2 Å². The first-order valence-corrected chi connectivity index (χ1v) is 8.57. The van der Waals surface area contributed by atoms with Crippen LogP contribution < -0.4 is 5.32 Å². The van der Waals surface area contributed by atoms with Crippen LogP contribution in [-0.4, -0.2) is 26.0 Å². The van der Waals surface area contributed by atoms with E-state index in [1.807, 2.05) is 18.2 Å². The van der Waals surface area contributed by atoms with Crippen molar-refractivity contribution in [3.05, 3.63) is 48.0 Å². The Bertz CT molecular complexity index is 700. The van der Waals surface area contributed by atoms with E-state index in [2.05, 4.69) is 29.6 Å². The molecule has 1 N–H and O–H groups in total. The van der Waals surface area contributed by atoms with Crippen molar-refractivity contribution in [2.45, 2.75) is 25.1 Å². The van der Waals surface area contributed by atoms with Gasteiger partial charge in [-0.15, -0.1) is 0 Å². The van der Waals surface area contributed by atoms with Crippen molar-refractivity contribution < 1.29 is 8.42 Å². The van der Waals surface area contributed by atoms with Gasteiger partial charge in [-0.2, -0.15) is 0 Å². The molecular weight excluding hydrogens is 270 g/mol. The van der Waals surface area contributed by atoms with E-state index in [1.165, 1.54) is 22.6 Å². The first kappa shape index (κ1) is 15.0. The van der Waals surface area contributed by atoms with Crippen molar-refractivity contribution in [3.63, 3.8) is 0 Å². The number of benzene rings is 2. The maximum Gasteiger partial charge on any atom is 0.153 e. The summed E-state index contributed by atoms with van der Waals surface area (Å²) in [7, 11) is -3.06. The Kier molecular flexibility index (Phi) is 4.16. The highest BCUT2D eigenvalue weighted by Gasteiger charge is 2.29. The van der Waals surface area contributed by atoms with Crippen LogP contribution in [0.3, 0.4) is 0 Å². The van der Waals surface area contributed by atoms with Crippen LogP contribution in [0.2, 0.25) is 0 Å². The van der Waals surface area contributed by atoms with Crippen molar-refractivity contribution >= 4 is 20.6 Å². The molecule has 0 aliphatic heterocycles. The van der Waals surface area contributed by atoms with Crippen molar-refractivity contribution in [3.8, 4) is 0 Å². The van der Waals surface area contributed by atoms with Crippen LogP contribution in [0.25, 0.3) is 10.8 Å². The molecule has 0 amide bonds. The van der Waals surface area contributed by atoms with Crippen molar-refractivity contribution in [1.82, 2.24) is 5.32 Å². The highest BCUT2D eigenvalue weighted by Crippen LogP contribution is 2.19. The maximum absolute atomic E-state index is 11.7. The van der Waals surface area contributed by atoms with Gasteiger partial charge in [0.2, 0.25) is 0 Å². The van der Waals surface area contributed by atoms with Gasteiger partial charge >= 0.3 is 0 Å². The Balaban J connectivity index is 2.11. The van der Waals surface area contributed by atoms with Crippen LogP contribution in [-0.2, 0) is 16.4 Å². The summed E-state index contributed by atoms with van der Waals surface area (Å²) in [5.74, 6) is 0. The Morgan fingerprint density at radius 3 is 2.40 bits per heavy atom. The molecule has 2 aromatic rings. The first-order valence-electron chi connectivity index (χ1n) is 6.68. The molecule has 0 aliphatic rings. The predicted molar refractivity (Wildman–Crippen MR) is 84.6 cm³/mol. The van der Waals surface area contributed by atoms with Crippen LogP contribution in [0.15, 0.2) is 42.5 Å². The van der Waals surface area contributed by atoms with Gasteiger partial charge in [0.25, 0.3) is 0 Å². The zero-order valence-electron chi connectivity index (χ0n) is 12.2. The van der Waals surface area contributed by atoms with Crippen molar-refractivity contribution in [1.29, 1.82) is 0 Å². The summed E-state index contributed by atoms with van der Waals surface area (Å²) in [6, 6.07) is 14.4. The van der Waals surface area contributed by atoms with Crippen LogP contribution in [0.4, 0.5) is 0 Å². The molecule has 0 fully saturated rings. The summed E-state index contributed by atoms with van der Waals surface area (Å²) < 4.78 is 22.6. The second-order valence-electron chi connectivity index (χ2n) is 5.77. The van der Waals surface area contributed by atoms with E-state index in [-0.39, 0.29) is 0 Å². The molecule has 0 spiro atoms. The van der Waals surface area contributed by atoms with Gasteiger partial charge in [0.1, 0.15) is 0 Å². The lowest BCUT2D eigenvalue weighted by atomic mass is 10.0. The summed E-state index contributed by atoms with van der Waals surface area (Å²) in [4.78, 5) is 0. The maximum atomic E-state index is 11.7. The normalized spacial score (nSPS) is 12.8. The number of fused-ring (bicyclic) bond motifs is 1. The molecule has 3 nitrogen and oxygen atoms in total. The summed E-state index contributed by atoms with van der Waals surface area (Å²) in [6.45, 7) is 4.60. The van der Waals surface area contributed by atoms with E-state index in [0.717, 1.165) is 0 Å². The molecule has 0 atom stereocenters.